The van der Waals surface area contributed by atoms with Crippen molar-refractivity contribution in [3.8, 4) is 0 Å². The summed E-state index contributed by atoms with van der Waals surface area (Å²) >= 11 is 3.23. The molecule has 3 nitrogen and oxygen atoms in total. The molecule has 0 spiro atoms. The van der Waals surface area contributed by atoms with Gasteiger partial charge in [-0.2, -0.15) is 0 Å². The highest BCUT2D eigenvalue weighted by atomic mass is 79.9. The Morgan fingerprint density at radius 3 is 2.39 bits per heavy atom. The molecule has 0 aliphatic rings. The lowest BCUT2D eigenvalue weighted by atomic mass is 9.74. The molecule has 1 aromatic rings. The first kappa shape index (κ1) is 15.1. The average molecular weight is 317 g/mol. The smallest absolute Gasteiger partial charge is 0.231 e. The van der Waals surface area contributed by atoms with Gasteiger partial charge in [-0.3, -0.25) is 4.79 Å². The van der Waals surface area contributed by atoms with E-state index >= 15 is 0 Å². The number of hydrogen-bond acceptors (Lipinski definition) is 2. The predicted molar refractivity (Wildman–Crippen MR) is 74.8 cm³/mol. The average Bonchev–Trinajstić information content (AvgIpc) is 2.21. The number of carbonyl (C=O) groups excluding carboxylic acids is 1. The number of benzene rings is 1. The van der Waals surface area contributed by atoms with Crippen molar-refractivity contribution in [2.24, 2.45) is 11.1 Å². The summed E-state index contributed by atoms with van der Waals surface area (Å²) in [6.45, 7) is 7.00. The maximum absolute atomic E-state index is 13.5. The maximum Gasteiger partial charge on any atom is 0.231 e. The predicted octanol–water partition coefficient (Wildman–Crippen LogP) is 3.29. The number of anilines is 1. The van der Waals surface area contributed by atoms with Crippen LogP contribution in [-0.2, 0) is 4.79 Å². The van der Waals surface area contributed by atoms with Crippen molar-refractivity contribution in [1.29, 1.82) is 0 Å². The van der Waals surface area contributed by atoms with Crippen molar-refractivity contribution >= 4 is 27.5 Å². The van der Waals surface area contributed by atoms with E-state index in [1.54, 1.807) is 33.8 Å². The van der Waals surface area contributed by atoms with E-state index in [4.69, 9.17) is 5.73 Å². The van der Waals surface area contributed by atoms with Crippen LogP contribution in [0.5, 0.6) is 0 Å². The lowest BCUT2D eigenvalue weighted by Gasteiger charge is -2.36. The summed E-state index contributed by atoms with van der Waals surface area (Å²) in [5.41, 5.74) is 4.59. The van der Waals surface area contributed by atoms with Crippen LogP contribution in [0.3, 0.4) is 0 Å². The number of hydrogen-bond donors (Lipinski definition) is 2. The molecule has 0 heterocycles. The molecule has 0 radical (unpaired) electrons. The van der Waals surface area contributed by atoms with Gasteiger partial charge in [0.2, 0.25) is 5.91 Å². The van der Waals surface area contributed by atoms with E-state index in [1.807, 2.05) is 0 Å². The summed E-state index contributed by atoms with van der Waals surface area (Å²) in [6, 6.07) is 4.39. The summed E-state index contributed by atoms with van der Waals surface area (Å²) in [4.78, 5) is 12.2. The molecule has 0 saturated heterocycles. The third-order valence-corrected chi connectivity index (χ3v) is 3.85. The highest BCUT2D eigenvalue weighted by Gasteiger charge is 2.40. The fourth-order valence-electron chi connectivity index (χ4n) is 1.16. The van der Waals surface area contributed by atoms with Gasteiger partial charge in [0, 0.05) is 10.0 Å². The minimum absolute atomic E-state index is 0.145. The van der Waals surface area contributed by atoms with E-state index < -0.39 is 16.8 Å². The number of nitrogens with one attached hydrogen (secondary N) is 1. The Hall–Kier alpha value is -0.940. The molecule has 0 aliphatic carbocycles. The van der Waals surface area contributed by atoms with Gasteiger partial charge in [-0.25, -0.2) is 4.39 Å². The Morgan fingerprint density at radius 2 is 1.89 bits per heavy atom. The number of carbonyl (C=O) groups is 1. The van der Waals surface area contributed by atoms with E-state index in [0.29, 0.717) is 4.47 Å². The van der Waals surface area contributed by atoms with Crippen molar-refractivity contribution in [1.82, 2.24) is 0 Å². The van der Waals surface area contributed by atoms with E-state index in [2.05, 4.69) is 21.2 Å². The molecule has 1 rings (SSSR count). The van der Waals surface area contributed by atoms with E-state index in [-0.39, 0.29) is 11.6 Å². The second-order valence-corrected chi connectivity index (χ2v) is 6.34. The molecular weight excluding hydrogens is 299 g/mol. The van der Waals surface area contributed by atoms with E-state index in [1.165, 1.54) is 12.1 Å². The van der Waals surface area contributed by atoms with Crippen LogP contribution in [0.15, 0.2) is 22.7 Å². The molecule has 0 aromatic heterocycles. The first-order chi connectivity index (χ1) is 8.05. The highest BCUT2D eigenvalue weighted by Crippen LogP contribution is 2.30. The second kappa shape index (κ2) is 4.97. The van der Waals surface area contributed by atoms with Crippen molar-refractivity contribution in [3.63, 3.8) is 0 Å². The standard InChI is InChI=1S/C13H18BrFN2O/c1-12(2,13(3,4)16)11(18)17-10-7-8(14)5-6-9(10)15/h5-7H,16H2,1-4H3,(H,17,18). The monoisotopic (exact) mass is 316 g/mol. The maximum atomic E-state index is 13.5. The molecule has 0 aliphatic heterocycles. The molecule has 0 saturated carbocycles. The Bertz CT molecular complexity index is 467. The van der Waals surface area contributed by atoms with Crippen LogP contribution < -0.4 is 11.1 Å². The van der Waals surface area contributed by atoms with Crippen LogP contribution in [0.4, 0.5) is 10.1 Å². The van der Waals surface area contributed by atoms with Gasteiger partial charge in [0.15, 0.2) is 0 Å². The molecule has 0 atom stereocenters. The van der Waals surface area contributed by atoms with E-state index in [0.717, 1.165) is 0 Å². The Labute approximate surface area is 115 Å². The fraction of sp³-hybridized carbons (Fsp3) is 0.462. The Morgan fingerprint density at radius 1 is 1.33 bits per heavy atom. The zero-order valence-corrected chi connectivity index (χ0v) is 12.6. The topological polar surface area (TPSA) is 55.1 Å². The van der Waals surface area contributed by atoms with Crippen LogP contribution in [0.1, 0.15) is 27.7 Å². The Kier molecular flexibility index (Phi) is 4.18. The molecule has 100 valence electrons. The third-order valence-electron chi connectivity index (χ3n) is 3.36. The van der Waals surface area contributed by atoms with Crippen LogP contribution in [0, 0.1) is 11.2 Å². The molecule has 5 heteroatoms. The molecule has 3 N–H and O–H groups in total. The van der Waals surface area contributed by atoms with Crippen LogP contribution in [0.2, 0.25) is 0 Å². The largest absolute Gasteiger partial charge is 0.325 e. The van der Waals surface area contributed by atoms with Crippen molar-refractivity contribution in [2.75, 3.05) is 5.32 Å². The van der Waals surface area contributed by atoms with Gasteiger partial charge in [0.25, 0.3) is 0 Å². The van der Waals surface area contributed by atoms with Crippen LogP contribution in [-0.4, -0.2) is 11.4 Å². The minimum atomic E-state index is -0.818. The molecule has 18 heavy (non-hydrogen) atoms. The number of halogens is 2. The van der Waals surface area contributed by atoms with Crippen LogP contribution >= 0.6 is 15.9 Å². The Balaban J connectivity index is 2.98. The van der Waals surface area contributed by atoms with Gasteiger partial charge in [-0.05, 0) is 45.9 Å². The van der Waals surface area contributed by atoms with Gasteiger partial charge in [0.1, 0.15) is 5.82 Å². The van der Waals surface area contributed by atoms with Crippen molar-refractivity contribution in [3.05, 3.63) is 28.5 Å². The number of rotatable bonds is 3. The molecule has 0 unspecified atom stereocenters. The molecule has 0 fully saturated rings. The SMILES string of the molecule is CC(C)(N)C(C)(C)C(=O)Nc1cc(Br)ccc1F. The molecular formula is C13H18BrFN2O. The quantitative estimate of drug-likeness (QED) is 0.899. The molecule has 0 bridgehead atoms. The third kappa shape index (κ3) is 3.09. The number of amides is 1. The summed E-state index contributed by atoms with van der Waals surface area (Å²) in [5, 5.41) is 2.57. The highest BCUT2D eigenvalue weighted by molar-refractivity contribution is 9.10. The lowest BCUT2D eigenvalue weighted by Crippen LogP contribution is -2.53. The zero-order valence-electron chi connectivity index (χ0n) is 11.0. The van der Waals surface area contributed by atoms with Gasteiger partial charge in [0.05, 0.1) is 11.1 Å². The number of nitrogens with two attached hydrogens (primary N) is 1. The summed E-state index contributed by atoms with van der Waals surface area (Å²) < 4.78 is 14.2. The van der Waals surface area contributed by atoms with Crippen molar-refractivity contribution < 1.29 is 9.18 Å². The molecule has 1 amide bonds. The van der Waals surface area contributed by atoms with Gasteiger partial charge in [-0.1, -0.05) is 15.9 Å². The normalized spacial score (nSPS) is 12.4. The van der Waals surface area contributed by atoms with E-state index in [9.17, 15) is 9.18 Å². The summed E-state index contributed by atoms with van der Waals surface area (Å²) in [7, 11) is 0. The van der Waals surface area contributed by atoms with Gasteiger partial charge >= 0.3 is 0 Å². The van der Waals surface area contributed by atoms with Gasteiger partial charge in [-0.15, -0.1) is 0 Å². The lowest BCUT2D eigenvalue weighted by molar-refractivity contribution is -0.126. The van der Waals surface area contributed by atoms with Crippen molar-refractivity contribution in [2.45, 2.75) is 33.2 Å². The minimum Gasteiger partial charge on any atom is -0.325 e. The van der Waals surface area contributed by atoms with Gasteiger partial charge < -0.3 is 11.1 Å². The summed E-state index contributed by atoms with van der Waals surface area (Å²) in [5.74, 6) is -0.788. The first-order valence-corrected chi connectivity index (χ1v) is 6.40. The second-order valence-electron chi connectivity index (χ2n) is 5.42. The summed E-state index contributed by atoms with van der Waals surface area (Å²) in [6.07, 6.45) is 0. The van der Waals surface area contributed by atoms with Crippen LogP contribution in [0.25, 0.3) is 0 Å². The fourth-order valence-corrected chi connectivity index (χ4v) is 1.53. The first-order valence-electron chi connectivity index (χ1n) is 5.61. The zero-order chi connectivity index (χ0) is 14.1. The molecule has 1 aromatic carbocycles.